The lowest BCUT2D eigenvalue weighted by molar-refractivity contribution is 0.104. The zero-order valence-electron chi connectivity index (χ0n) is 14.6. The van der Waals surface area contributed by atoms with Gasteiger partial charge in [-0.2, -0.15) is 0 Å². The van der Waals surface area contributed by atoms with Gasteiger partial charge < -0.3 is 9.47 Å². The van der Waals surface area contributed by atoms with Crippen LogP contribution in [-0.2, 0) is 10.0 Å². The maximum Gasteiger partial charge on any atom is 0.232 e. The van der Waals surface area contributed by atoms with Crippen molar-refractivity contribution >= 4 is 39.2 Å². The number of ether oxygens (including phenoxy) is 2. The summed E-state index contributed by atoms with van der Waals surface area (Å²) in [6.07, 6.45) is 3.06. The molecule has 2 aromatic carbocycles. The molecular weight excluding hydrogens is 390 g/mol. The minimum atomic E-state index is -3.35. The number of carbonyl (C=O) groups is 1. The number of carbonyl (C=O) groups excluding carboxylic acids is 1. The van der Waals surface area contributed by atoms with Crippen molar-refractivity contribution in [3.05, 3.63) is 58.6 Å². The quantitative estimate of drug-likeness (QED) is 0.582. The van der Waals surface area contributed by atoms with Gasteiger partial charge in [-0.05, 0) is 55.0 Å². The molecule has 0 fully saturated rings. The Balaban J connectivity index is 1.72. The zero-order chi connectivity index (χ0) is 19.4. The fourth-order valence-electron chi connectivity index (χ4n) is 2.45. The zero-order valence-corrected chi connectivity index (χ0v) is 16.1. The molecule has 0 radical (unpaired) electrons. The Morgan fingerprint density at radius 3 is 2.59 bits per heavy atom. The van der Waals surface area contributed by atoms with Crippen LogP contribution in [0.25, 0.3) is 6.08 Å². The summed E-state index contributed by atoms with van der Waals surface area (Å²) in [5.41, 5.74) is 1.57. The van der Waals surface area contributed by atoms with Crippen molar-refractivity contribution in [2.75, 3.05) is 23.7 Å². The van der Waals surface area contributed by atoms with E-state index in [1.54, 1.807) is 49.4 Å². The third-order valence-corrected chi connectivity index (χ3v) is 5.46. The van der Waals surface area contributed by atoms with Crippen LogP contribution in [0.5, 0.6) is 11.5 Å². The molecule has 0 saturated carbocycles. The third-order valence-electron chi connectivity index (χ3n) is 3.87. The fourth-order valence-corrected chi connectivity index (χ4v) is 3.36. The largest absolute Gasteiger partial charge is 0.486 e. The highest BCUT2D eigenvalue weighted by Gasteiger charge is 2.16. The molecule has 6 nitrogen and oxygen atoms in total. The molecule has 1 N–H and O–H groups in total. The van der Waals surface area contributed by atoms with E-state index in [1.165, 1.54) is 6.08 Å². The summed E-state index contributed by atoms with van der Waals surface area (Å²) < 4.78 is 36.5. The molecule has 8 heteroatoms. The van der Waals surface area contributed by atoms with Gasteiger partial charge in [0.15, 0.2) is 17.3 Å². The summed E-state index contributed by atoms with van der Waals surface area (Å²) >= 11 is 6.18. The average Bonchev–Trinajstić information content (AvgIpc) is 2.66. The van der Waals surface area contributed by atoms with E-state index >= 15 is 0 Å². The molecule has 27 heavy (non-hydrogen) atoms. The molecule has 2 aromatic rings. The van der Waals surface area contributed by atoms with Crippen molar-refractivity contribution in [1.29, 1.82) is 0 Å². The standard InChI is InChI=1S/C19H18ClNO5S/c1-2-27(23,24)21-15-6-4-14(5-7-15)17(22)8-3-13-11-16(20)19-18(12-13)25-9-10-26-19/h3-8,11-12,21H,2,9-10H2,1H3/b8-3+. The molecular formula is C19H18ClNO5S. The van der Waals surface area contributed by atoms with Crippen molar-refractivity contribution in [2.24, 2.45) is 0 Å². The first-order valence-electron chi connectivity index (χ1n) is 8.30. The van der Waals surface area contributed by atoms with Crippen LogP contribution in [-0.4, -0.2) is 33.2 Å². The Labute approximate surface area is 162 Å². The first kappa shape index (κ1) is 19.3. The molecule has 142 valence electrons. The molecule has 1 aliphatic rings. The van der Waals surface area contributed by atoms with E-state index in [1.807, 2.05) is 0 Å². The summed E-state index contributed by atoms with van der Waals surface area (Å²) in [7, 11) is -3.35. The first-order valence-corrected chi connectivity index (χ1v) is 10.3. The molecule has 3 rings (SSSR count). The van der Waals surface area contributed by atoms with Crippen molar-refractivity contribution < 1.29 is 22.7 Å². The Kier molecular flexibility index (Phi) is 5.72. The van der Waals surface area contributed by atoms with E-state index in [-0.39, 0.29) is 11.5 Å². The van der Waals surface area contributed by atoms with E-state index in [4.69, 9.17) is 21.1 Å². The summed E-state index contributed by atoms with van der Waals surface area (Å²) in [6, 6.07) is 9.69. The number of ketones is 1. The number of allylic oxidation sites excluding steroid dienone is 1. The van der Waals surface area contributed by atoms with E-state index in [9.17, 15) is 13.2 Å². The minimum absolute atomic E-state index is 0.0193. The molecule has 0 bridgehead atoms. The van der Waals surface area contributed by atoms with Gasteiger partial charge in [0.25, 0.3) is 0 Å². The topological polar surface area (TPSA) is 81.7 Å². The number of hydrogen-bond acceptors (Lipinski definition) is 5. The fraction of sp³-hybridized carbons (Fsp3) is 0.211. The highest BCUT2D eigenvalue weighted by atomic mass is 35.5. The second-order valence-electron chi connectivity index (χ2n) is 5.81. The molecule has 0 aliphatic carbocycles. The van der Waals surface area contributed by atoms with E-state index in [0.29, 0.717) is 46.5 Å². The molecule has 0 saturated heterocycles. The van der Waals surface area contributed by atoms with Gasteiger partial charge in [-0.1, -0.05) is 17.7 Å². The number of anilines is 1. The van der Waals surface area contributed by atoms with Crippen LogP contribution in [0.3, 0.4) is 0 Å². The van der Waals surface area contributed by atoms with Crippen molar-refractivity contribution in [3.63, 3.8) is 0 Å². The van der Waals surface area contributed by atoms with Crippen LogP contribution in [0.1, 0.15) is 22.8 Å². The smallest absolute Gasteiger partial charge is 0.232 e. The summed E-state index contributed by atoms with van der Waals surface area (Å²) in [5.74, 6) is 0.824. The molecule has 1 heterocycles. The van der Waals surface area contributed by atoms with Crippen molar-refractivity contribution in [1.82, 2.24) is 0 Å². The number of benzene rings is 2. The maximum atomic E-state index is 12.3. The maximum absolute atomic E-state index is 12.3. The second kappa shape index (κ2) is 8.02. The normalized spacial score (nSPS) is 13.6. The number of halogens is 1. The van der Waals surface area contributed by atoms with Crippen LogP contribution in [0.2, 0.25) is 5.02 Å². The van der Waals surface area contributed by atoms with Crippen LogP contribution < -0.4 is 14.2 Å². The number of sulfonamides is 1. The molecule has 0 unspecified atom stereocenters. The van der Waals surface area contributed by atoms with Gasteiger partial charge in [0.1, 0.15) is 13.2 Å². The number of fused-ring (bicyclic) bond motifs is 1. The monoisotopic (exact) mass is 407 g/mol. The van der Waals surface area contributed by atoms with Gasteiger partial charge in [0.2, 0.25) is 10.0 Å². The van der Waals surface area contributed by atoms with Crippen LogP contribution >= 0.6 is 11.6 Å². The van der Waals surface area contributed by atoms with E-state index in [2.05, 4.69) is 4.72 Å². The van der Waals surface area contributed by atoms with Crippen LogP contribution in [0.4, 0.5) is 5.69 Å². The minimum Gasteiger partial charge on any atom is -0.486 e. The van der Waals surface area contributed by atoms with Gasteiger partial charge >= 0.3 is 0 Å². The van der Waals surface area contributed by atoms with Gasteiger partial charge in [0, 0.05) is 11.3 Å². The van der Waals surface area contributed by atoms with Crippen LogP contribution in [0.15, 0.2) is 42.5 Å². The summed E-state index contributed by atoms with van der Waals surface area (Å²) in [5, 5.41) is 0.423. The second-order valence-corrected chi connectivity index (χ2v) is 8.23. The Morgan fingerprint density at radius 2 is 1.89 bits per heavy atom. The van der Waals surface area contributed by atoms with Crippen LogP contribution in [0, 0.1) is 0 Å². The predicted molar refractivity (Wildman–Crippen MR) is 105 cm³/mol. The average molecular weight is 408 g/mol. The van der Waals surface area contributed by atoms with Crippen molar-refractivity contribution in [2.45, 2.75) is 6.92 Å². The molecule has 0 aromatic heterocycles. The summed E-state index contributed by atoms with van der Waals surface area (Å²) in [4.78, 5) is 12.3. The molecule has 0 atom stereocenters. The summed E-state index contributed by atoms with van der Waals surface area (Å²) in [6.45, 7) is 2.45. The molecule has 0 spiro atoms. The van der Waals surface area contributed by atoms with E-state index < -0.39 is 10.0 Å². The third kappa shape index (κ3) is 4.81. The number of nitrogens with one attached hydrogen (secondary N) is 1. The lowest BCUT2D eigenvalue weighted by atomic mass is 10.1. The highest BCUT2D eigenvalue weighted by molar-refractivity contribution is 7.92. The van der Waals surface area contributed by atoms with Crippen molar-refractivity contribution in [3.8, 4) is 11.5 Å². The SMILES string of the molecule is CCS(=O)(=O)Nc1ccc(C(=O)/C=C/c2cc(Cl)c3c(c2)OCCO3)cc1. The lowest BCUT2D eigenvalue weighted by Crippen LogP contribution is -2.15. The Bertz CT molecular complexity index is 984. The first-order chi connectivity index (χ1) is 12.9. The van der Waals surface area contributed by atoms with Gasteiger partial charge in [0.05, 0.1) is 10.8 Å². The van der Waals surface area contributed by atoms with Gasteiger partial charge in [-0.15, -0.1) is 0 Å². The number of hydrogen-bond donors (Lipinski definition) is 1. The van der Waals surface area contributed by atoms with Gasteiger partial charge in [-0.25, -0.2) is 8.42 Å². The number of rotatable bonds is 6. The Hall–Kier alpha value is -2.51. The van der Waals surface area contributed by atoms with Gasteiger partial charge in [-0.3, -0.25) is 9.52 Å². The molecule has 0 amide bonds. The van der Waals surface area contributed by atoms with E-state index in [0.717, 1.165) is 0 Å². The molecule has 1 aliphatic heterocycles. The lowest BCUT2D eigenvalue weighted by Gasteiger charge is -2.19. The highest BCUT2D eigenvalue weighted by Crippen LogP contribution is 2.38. The predicted octanol–water partition coefficient (Wildman–Crippen LogP) is 3.77. The Morgan fingerprint density at radius 1 is 1.19 bits per heavy atom.